The third-order valence-electron chi connectivity index (χ3n) is 4.14. The lowest BCUT2D eigenvalue weighted by atomic mass is 9.91. The first kappa shape index (κ1) is 13.6. The van der Waals surface area contributed by atoms with Crippen molar-refractivity contribution in [2.24, 2.45) is 0 Å². The number of fused-ring (bicyclic) bond motifs is 1. The topological polar surface area (TPSA) is 25.2 Å². The molecule has 1 heterocycles. The minimum absolute atomic E-state index is 0.894. The van der Waals surface area contributed by atoms with Crippen molar-refractivity contribution >= 4 is 16.7 Å². The first-order chi connectivity index (χ1) is 11.4. The molecule has 0 fully saturated rings. The Kier molecular flexibility index (Phi) is 3.35. The van der Waals surface area contributed by atoms with Crippen LogP contribution in [-0.4, -0.2) is 7.05 Å². The van der Waals surface area contributed by atoms with Gasteiger partial charge >= 0.3 is 0 Å². The summed E-state index contributed by atoms with van der Waals surface area (Å²) in [6.45, 7) is 0. The van der Waals surface area contributed by atoms with Gasteiger partial charge in [0.2, 0.25) is 0 Å². The second-order valence-electron chi connectivity index (χ2n) is 5.50. The summed E-state index contributed by atoms with van der Waals surface area (Å²) in [4.78, 5) is 0. The number of hydrogen-bond acceptors (Lipinski definition) is 2. The van der Waals surface area contributed by atoms with E-state index in [1.807, 2.05) is 25.2 Å². The lowest BCUT2D eigenvalue weighted by Crippen LogP contribution is -1.96. The predicted molar refractivity (Wildman–Crippen MR) is 96.6 cm³/mol. The number of nitrogens with one attached hydrogen (secondary N) is 1. The number of rotatable bonds is 3. The van der Waals surface area contributed by atoms with E-state index in [-0.39, 0.29) is 0 Å². The fraction of sp³-hybridized carbons (Fsp3) is 0.0476. The van der Waals surface area contributed by atoms with Crippen molar-refractivity contribution in [3.05, 3.63) is 79.1 Å². The van der Waals surface area contributed by atoms with Crippen molar-refractivity contribution in [2.45, 2.75) is 0 Å². The number of hydrogen-bond donors (Lipinski definition) is 1. The summed E-state index contributed by atoms with van der Waals surface area (Å²) in [5.41, 5.74) is 6.67. The molecule has 23 heavy (non-hydrogen) atoms. The monoisotopic (exact) mass is 299 g/mol. The average molecular weight is 299 g/mol. The van der Waals surface area contributed by atoms with E-state index >= 15 is 0 Å². The molecule has 0 radical (unpaired) electrons. The van der Waals surface area contributed by atoms with E-state index in [9.17, 15) is 0 Å². The molecule has 0 atom stereocenters. The van der Waals surface area contributed by atoms with Crippen LogP contribution in [0.3, 0.4) is 0 Å². The highest BCUT2D eigenvalue weighted by molar-refractivity contribution is 6.05. The molecule has 4 rings (SSSR count). The standard InChI is InChI=1S/C21H17NO/c1-22-20-19(16-10-6-3-7-11-16)18(15-8-4-2-5-9-15)14-17-12-13-23-21(17)20/h2-14,22H,1H3. The van der Waals surface area contributed by atoms with E-state index < -0.39 is 0 Å². The predicted octanol–water partition coefficient (Wildman–Crippen LogP) is 5.81. The highest BCUT2D eigenvalue weighted by atomic mass is 16.3. The Morgan fingerprint density at radius 3 is 2.09 bits per heavy atom. The van der Waals surface area contributed by atoms with Crippen LogP contribution < -0.4 is 5.32 Å². The summed E-state index contributed by atoms with van der Waals surface area (Å²) in [5.74, 6) is 0. The summed E-state index contributed by atoms with van der Waals surface area (Å²) < 4.78 is 5.73. The highest BCUT2D eigenvalue weighted by Crippen LogP contribution is 2.42. The van der Waals surface area contributed by atoms with Crippen LogP contribution in [0, 0.1) is 0 Å². The van der Waals surface area contributed by atoms with E-state index in [1.165, 1.54) is 22.3 Å². The fourth-order valence-electron chi connectivity index (χ4n) is 3.10. The molecule has 0 unspecified atom stereocenters. The van der Waals surface area contributed by atoms with Gasteiger partial charge in [-0.2, -0.15) is 0 Å². The number of anilines is 1. The molecule has 0 spiro atoms. The maximum Gasteiger partial charge on any atom is 0.157 e. The molecule has 0 aliphatic rings. The lowest BCUT2D eigenvalue weighted by molar-refractivity contribution is 0.617. The van der Waals surface area contributed by atoms with Crippen molar-refractivity contribution < 1.29 is 4.42 Å². The normalized spacial score (nSPS) is 10.8. The lowest BCUT2D eigenvalue weighted by Gasteiger charge is -2.16. The first-order valence-electron chi connectivity index (χ1n) is 7.71. The molecule has 0 saturated carbocycles. The van der Waals surface area contributed by atoms with E-state index in [4.69, 9.17) is 4.42 Å². The molecule has 2 heteroatoms. The highest BCUT2D eigenvalue weighted by Gasteiger charge is 2.17. The molecule has 2 nitrogen and oxygen atoms in total. The molecular formula is C21H17NO. The van der Waals surface area contributed by atoms with E-state index in [0.29, 0.717) is 0 Å². The summed E-state index contributed by atoms with van der Waals surface area (Å²) >= 11 is 0. The molecule has 112 valence electrons. The minimum Gasteiger partial charge on any atom is -0.462 e. The SMILES string of the molecule is CNc1c(-c2ccccc2)c(-c2ccccc2)cc2ccoc12. The van der Waals surface area contributed by atoms with Crippen molar-refractivity contribution in [2.75, 3.05) is 12.4 Å². The van der Waals surface area contributed by atoms with Gasteiger partial charge in [-0.25, -0.2) is 0 Å². The van der Waals surface area contributed by atoms with Crippen LogP contribution in [0.5, 0.6) is 0 Å². The van der Waals surface area contributed by atoms with Crippen LogP contribution in [0.15, 0.2) is 83.5 Å². The molecule has 1 N–H and O–H groups in total. The Hall–Kier alpha value is -3.00. The van der Waals surface area contributed by atoms with Crippen LogP contribution in [0.2, 0.25) is 0 Å². The zero-order valence-corrected chi connectivity index (χ0v) is 12.9. The molecule has 0 amide bonds. The molecule has 1 aromatic heterocycles. The molecule has 0 aliphatic heterocycles. The Labute approximate surface area is 135 Å². The first-order valence-corrected chi connectivity index (χ1v) is 7.71. The van der Waals surface area contributed by atoms with Gasteiger partial charge in [-0.15, -0.1) is 0 Å². The number of benzene rings is 3. The summed E-state index contributed by atoms with van der Waals surface area (Å²) in [5, 5.41) is 4.44. The van der Waals surface area contributed by atoms with Gasteiger partial charge in [0.05, 0.1) is 12.0 Å². The second kappa shape index (κ2) is 5.65. The molecular weight excluding hydrogens is 282 g/mol. The Morgan fingerprint density at radius 1 is 0.783 bits per heavy atom. The maximum absolute atomic E-state index is 5.73. The van der Waals surface area contributed by atoms with Crippen molar-refractivity contribution in [3.8, 4) is 22.3 Å². The zero-order chi connectivity index (χ0) is 15.6. The fourth-order valence-corrected chi connectivity index (χ4v) is 3.10. The quantitative estimate of drug-likeness (QED) is 0.516. The van der Waals surface area contributed by atoms with E-state index in [0.717, 1.165) is 16.7 Å². The van der Waals surface area contributed by atoms with Gasteiger partial charge in [-0.05, 0) is 28.8 Å². The Balaban J connectivity index is 2.12. The van der Waals surface area contributed by atoms with Crippen LogP contribution in [0.25, 0.3) is 33.2 Å². The summed E-state index contributed by atoms with van der Waals surface area (Å²) in [7, 11) is 1.94. The van der Waals surface area contributed by atoms with Gasteiger partial charge in [0, 0.05) is 18.0 Å². The minimum atomic E-state index is 0.894. The van der Waals surface area contributed by atoms with Crippen molar-refractivity contribution in [3.63, 3.8) is 0 Å². The summed E-state index contributed by atoms with van der Waals surface area (Å²) in [6.07, 6.45) is 1.75. The molecule has 0 aliphatic carbocycles. The van der Waals surface area contributed by atoms with Crippen molar-refractivity contribution in [1.29, 1.82) is 0 Å². The molecule has 4 aromatic rings. The van der Waals surface area contributed by atoms with Gasteiger partial charge in [-0.3, -0.25) is 0 Å². The third-order valence-corrected chi connectivity index (χ3v) is 4.14. The smallest absolute Gasteiger partial charge is 0.157 e. The van der Waals surface area contributed by atoms with Crippen LogP contribution in [-0.2, 0) is 0 Å². The Bertz CT molecular complexity index is 940. The molecule has 3 aromatic carbocycles. The zero-order valence-electron chi connectivity index (χ0n) is 12.9. The van der Waals surface area contributed by atoms with Crippen LogP contribution in [0.4, 0.5) is 5.69 Å². The van der Waals surface area contributed by atoms with Crippen molar-refractivity contribution in [1.82, 2.24) is 0 Å². The molecule has 0 bridgehead atoms. The summed E-state index contributed by atoms with van der Waals surface area (Å²) in [6, 6.07) is 25.1. The van der Waals surface area contributed by atoms with Gasteiger partial charge in [-0.1, -0.05) is 60.7 Å². The van der Waals surface area contributed by atoms with E-state index in [2.05, 4.69) is 59.9 Å². The maximum atomic E-state index is 5.73. The average Bonchev–Trinajstić information content (AvgIpc) is 3.10. The number of furan rings is 1. The van der Waals surface area contributed by atoms with Crippen LogP contribution >= 0.6 is 0 Å². The van der Waals surface area contributed by atoms with Gasteiger partial charge in [0.15, 0.2) is 5.58 Å². The van der Waals surface area contributed by atoms with Crippen LogP contribution in [0.1, 0.15) is 0 Å². The molecule has 0 saturated heterocycles. The third kappa shape index (κ3) is 2.29. The van der Waals surface area contributed by atoms with Gasteiger partial charge in [0.25, 0.3) is 0 Å². The second-order valence-corrected chi connectivity index (χ2v) is 5.50. The Morgan fingerprint density at radius 2 is 1.43 bits per heavy atom. The van der Waals surface area contributed by atoms with Gasteiger partial charge < -0.3 is 9.73 Å². The van der Waals surface area contributed by atoms with Gasteiger partial charge in [0.1, 0.15) is 0 Å². The largest absolute Gasteiger partial charge is 0.462 e. The van der Waals surface area contributed by atoms with E-state index in [1.54, 1.807) is 6.26 Å².